The second kappa shape index (κ2) is 9.29. The SMILES string of the molecule is c1ccc([C@@H]2CCOC(c3ccccc3P(c3ccccc3)c3ccccc3)=N2)cc1. The number of rotatable bonds is 5. The van der Waals surface area contributed by atoms with Gasteiger partial charge in [0.1, 0.15) is 0 Å². The van der Waals surface area contributed by atoms with E-state index in [1.165, 1.54) is 21.5 Å². The van der Waals surface area contributed by atoms with Crippen LogP contribution < -0.4 is 15.9 Å². The Morgan fingerprint density at radius 2 is 1.19 bits per heavy atom. The number of aliphatic imine (C=N–C) groups is 1. The van der Waals surface area contributed by atoms with E-state index in [-0.39, 0.29) is 6.04 Å². The Hall–Kier alpha value is -3.22. The maximum absolute atomic E-state index is 6.14. The third kappa shape index (κ3) is 4.31. The van der Waals surface area contributed by atoms with Gasteiger partial charge in [-0.3, -0.25) is 0 Å². The first-order valence-corrected chi connectivity index (χ1v) is 12.0. The molecule has 1 aliphatic heterocycles. The summed E-state index contributed by atoms with van der Waals surface area (Å²) >= 11 is 0. The summed E-state index contributed by atoms with van der Waals surface area (Å²) in [5.74, 6) is 0.759. The highest BCUT2D eigenvalue weighted by molar-refractivity contribution is 7.80. The van der Waals surface area contributed by atoms with Crippen molar-refractivity contribution in [3.8, 4) is 0 Å². The van der Waals surface area contributed by atoms with Crippen LogP contribution in [0.25, 0.3) is 0 Å². The average molecular weight is 421 g/mol. The second-order valence-electron chi connectivity index (χ2n) is 7.52. The van der Waals surface area contributed by atoms with Crippen LogP contribution in [-0.4, -0.2) is 12.5 Å². The molecule has 2 nitrogen and oxygen atoms in total. The summed E-state index contributed by atoms with van der Waals surface area (Å²) in [6.45, 7) is 0.682. The van der Waals surface area contributed by atoms with E-state index in [1.54, 1.807) is 0 Å². The molecule has 0 N–H and O–H groups in total. The van der Waals surface area contributed by atoms with Crippen molar-refractivity contribution in [2.45, 2.75) is 12.5 Å². The van der Waals surface area contributed by atoms with Crippen LogP contribution >= 0.6 is 7.92 Å². The third-order valence-electron chi connectivity index (χ3n) is 5.49. The van der Waals surface area contributed by atoms with Crippen molar-refractivity contribution in [3.05, 3.63) is 126 Å². The number of benzene rings is 4. The van der Waals surface area contributed by atoms with E-state index in [4.69, 9.17) is 9.73 Å². The summed E-state index contributed by atoms with van der Waals surface area (Å²) in [6.07, 6.45) is 0.905. The van der Waals surface area contributed by atoms with Gasteiger partial charge in [-0.15, -0.1) is 0 Å². The van der Waals surface area contributed by atoms with Gasteiger partial charge in [0.25, 0.3) is 0 Å². The Kier molecular flexibility index (Phi) is 5.91. The predicted octanol–water partition coefficient (Wildman–Crippen LogP) is 5.35. The smallest absolute Gasteiger partial charge is 0.217 e. The highest BCUT2D eigenvalue weighted by Crippen LogP contribution is 2.35. The lowest BCUT2D eigenvalue weighted by Gasteiger charge is -2.26. The molecule has 1 aliphatic rings. The molecular weight excluding hydrogens is 397 g/mol. The van der Waals surface area contributed by atoms with Gasteiger partial charge in [0.05, 0.1) is 12.6 Å². The van der Waals surface area contributed by atoms with Gasteiger partial charge in [0, 0.05) is 12.0 Å². The lowest BCUT2D eigenvalue weighted by Crippen LogP contribution is -2.28. The summed E-state index contributed by atoms with van der Waals surface area (Å²) in [4.78, 5) is 5.06. The topological polar surface area (TPSA) is 21.6 Å². The normalized spacial score (nSPS) is 15.9. The van der Waals surface area contributed by atoms with Gasteiger partial charge in [-0.1, -0.05) is 109 Å². The molecule has 4 aromatic carbocycles. The Labute approximate surface area is 185 Å². The van der Waals surface area contributed by atoms with Crippen LogP contribution in [0.4, 0.5) is 0 Å². The summed E-state index contributed by atoms with van der Waals surface area (Å²) in [6, 6.07) is 40.8. The molecule has 3 heteroatoms. The van der Waals surface area contributed by atoms with E-state index in [9.17, 15) is 0 Å². The standard InChI is InChI=1S/C28H24NOP/c1-4-12-22(13-5-1)26-20-21-30-28(29-26)25-18-10-11-19-27(25)31(23-14-6-2-7-15-23)24-16-8-3-9-17-24/h1-19,26H,20-21H2/t26-/m0/s1. The molecule has 4 aromatic rings. The minimum atomic E-state index is -0.721. The Morgan fingerprint density at radius 1 is 0.645 bits per heavy atom. The van der Waals surface area contributed by atoms with Crippen LogP contribution in [0, 0.1) is 0 Å². The summed E-state index contributed by atoms with van der Waals surface area (Å²) in [7, 11) is -0.721. The fraction of sp³-hybridized carbons (Fsp3) is 0.107. The largest absolute Gasteiger partial charge is 0.477 e. The van der Waals surface area contributed by atoms with Crippen molar-refractivity contribution in [2.24, 2.45) is 4.99 Å². The van der Waals surface area contributed by atoms with Gasteiger partial charge in [-0.25, -0.2) is 4.99 Å². The summed E-state index contributed by atoms with van der Waals surface area (Å²) in [5.41, 5.74) is 2.34. The highest BCUT2D eigenvalue weighted by Gasteiger charge is 2.25. The number of ether oxygens (including phenoxy) is 1. The van der Waals surface area contributed by atoms with Crippen LogP contribution in [0.1, 0.15) is 23.6 Å². The molecule has 5 rings (SSSR count). The molecule has 0 amide bonds. The van der Waals surface area contributed by atoms with Crippen LogP contribution in [-0.2, 0) is 4.74 Å². The van der Waals surface area contributed by atoms with Crippen LogP contribution in [0.5, 0.6) is 0 Å². The number of nitrogens with zero attached hydrogens (tertiary/aromatic N) is 1. The van der Waals surface area contributed by atoms with Crippen LogP contribution in [0.2, 0.25) is 0 Å². The fourth-order valence-corrected chi connectivity index (χ4v) is 6.45. The Bertz CT molecular complexity index is 1120. The zero-order valence-electron chi connectivity index (χ0n) is 17.3. The van der Waals surface area contributed by atoms with E-state index in [1.807, 2.05) is 0 Å². The fourth-order valence-electron chi connectivity index (χ4n) is 4.01. The quantitative estimate of drug-likeness (QED) is 0.398. The van der Waals surface area contributed by atoms with Gasteiger partial charge >= 0.3 is 0 Å². The molecule has 0 radical (unpaired) electrons. The van der Waals surface area contributed by atoms with Crippen molar-refractivity contribution in [1.82, 2.24) is 0 Å². The monoisotopic (exact) mass is 421 g/mol. The highest BCUT2D eigenvalue weighted by atomic mass is 31.1. The van der Waals surface area contributed by atoms with Crippen molar-refractivity contribution >= 4 is 29.7 Å². The van der Waals surface area contributed by atoms with Crippen molar-refractivity contribution < 1.29 is 4.74 Å². The zero-order chi connectivity index (χ0) is 20.9. The van der Waals surface area contributed by atoms with Crippen LogP contribution in [0.15, 0.2) is 120 Å². The Morgan fingerprint density at radius 3 is 1.84 bits per heavy atom. The second-order valence-corrected chi connectivity index (χ2v) is 9.71. The summed E-state index contributed by atoms with van der Waals surface area (Å²) < 4.78 is 6.14. The van der Waals surface area contributed by atoms with E-state index in [0.29, 0.717) is 6.61 Å². The number of hydrogen-bond acceptors (Lipinski definition) is 2. The van der Waals surface area contributed by atoms with E-state index in [0.717, 1.165) is 17.9 Å². The maximum atomic E-state index is 6.14. The molecule has 0 bridgehead atoms. The molecule has 152 valence electrons. The van der Waals surface area contributed by atoms with Gasteiger partial charge < -0.3 is 4.74 Å². The van der Waals surface area contributed by atoms with E-state index >= 15 is 0 Å². The van der Waals surface area contributed by atoms with Gasteiger partial charge in [0.2, 0.25) is 5.90 Å². The molecule has 31 heavy (non-hydrogen) atoms. The van der Waals surface area contributed by atoms with Crippen LogP contribution in [0.3, 0.4) is 0 Å². The molecule has 0 unspecified atom stereocenters. The molecular formula is C28H24NOP. The van der Waals surface area contributed by atoms with E-state index in [2.05, 4.69) is 115 Å². The molecule has 0 saturated heterocycles. The van der Waals surface area contributed by atoms with Gasteiger partial charge in [0.15, 0.2) is 0 Å². The molecule has 0 saturated carbocycles. The first kappa shape index (κ1) is 19.7. The molecule has 0 aromatic heterocycles. The first-order valence-electron chi connectivity index (χ1n) is 10.7. The number of hydrogen-bond donors (Lipinski definition) is 0. The van der Waals surface area contributed by atoms with Crippen molar-refractivity contribution in [3.63, 3.8) is 0 Å². The third-order valence-corrected chi connectivity index (χ3v) is 7.99. The predicted molar refractivity (Wildman–Crippen MR) is 131 cm³/mol. The molecule has 1 heterocycles. The van der Waals surface area contributed by atoms with Gasteiger partial charge in [-0.05, 0) is 35.5 Å². The lowest BCUT2D eigenvalue weighted by atomic mass is 10.0. The Balaban J connectivity index is 1.62. The van der Waals surface area contributed by atoms with Crippen molar-refractivity contribution in [2.75, 3.05) is 6.61 Å². The minimum Gasteiger partial charge on any atom is -0.477 e. The van der Waals surface area contributed by atoms with E-state index < -0.39 is 7.92 Å². The maximum Gasteiger partial charge on any atom is 0.217 e. The van der Waals surface area contributed by atoms with Gasteiger partial charge in [-0.2, -0.15) is 0 Å². The minimum absolute atomic E-state index is 0.137. The molecule has 0 fully saturated rings. The zero-order valence-corrected chi connectivity index (χ0v) is 18.2. The molecule has 0 aliphatic carbocycles. The lowest BCUT2D eigenvalue weighted by molar-refractivity contribution is 0.262. The average Bonchev–Trinajstić information content (AvgIpc) is 2.87. The van der Waals surface area contributed by atoms with Crippen molar-refractivity contribution in [1.29, 1.82) is 0 Å². The molecule has 0 spiro atoms. The first-order chi connectivity index (χ1) is 15.4. The summed E-state index contributed by atoms with van der Waals surface area (Å²) in [5, 5.41) is 3.93. The molecule has 1 atom stereocenters.